The van der Waals surface area contributed by atoms with E-state index in [0.717, 1.165) is 42.3 Å². The van der Waals surface area contributed by atoms with Gasteiger partial charge in [0.25, 0.3) is 5.91 Å². The Balaban J connectivity index is 1.28. The molecule has 0 bridgehead atoms. The van der Waals surface area contributed by atoms with E-state index in [0.29, 0.717) is 31.4 Å². The molecule has 30 heavy (non-hydrogen) atoms. The molecule has 1 aromatic carbocycles. The zero-order valence-electron chi connectivity index (χ0n) is 17.7. The molecule has 0 atom stereocenters. The van der Waals surface area contributed by atoms with Crippen molar-refractivity contribution < 1.29 is 14.3 Å². The number of carbonyl (C=O) groups is 2. The molecular weight excluding hydrogens is 380 g/mol. The Morgan fingerprint density at radius 2 is 1.73 bits per heavy atom. The summed E-state index contributed by atoms with van der Waals surface area (Å²) in [5, 5.41) is 7.20. The number of nitrogens with one attached hydrogen (secondary N) is 3. The number of rotatable bonds is 5. The minimum Gasteiger partial charge on any atom is -0.494 e. The van der Waals surface area contributed by atoms with Gasteiger partial charge in [-0.15, -0.1) is 0 Å². The predicted molar refractivity (Wildman–Crippen MR) is 117 cm³/mol. The fourth-order valence-corrected chi connectivity index (χ4v) is 4.53. The minimum absolute atomic E-state index is 0.00858. The van der Waals surface area contributed by atoms with E-state index in [1.165, 1.54) is 19.3 Å². The first-order valence-corrected chi connectivity index (χ1v) is 11.2. The Labute approximate surface area is 177 Å². The van der Waals surface area contributed by atoms with E-state index in [9.17, 15) is 9.59 Å². The molecule has 1 saturated heterocycles. The van der Waals surface area contributed by atoms with Gasteiger partial charge in [0.15, 0.2) is 0 Å². The Hall–Kier alpha value is -2.70. The number of urea groups is 1. The van der Waals surface area contributed by atoms with E-state index in [4.69, 9.17) is 4.74 Å². The van der Waals surface area contributed by atoms with Crippen LogP contribution in [0.25, 0.3) is 10.9 Å². The minimum atomic E-state index is -0.0626. The molecule has 1 aliphatic carbocycles. The molecule has 2 heterocycles. The lowest BCUT2D eigenvalue weighted by Gasteiger charge is -2.32. The topological polar surface area (TPSA) is 86.5 Å². The van der Waals surface area contributed by atoms with Gasteiger partial charge in [0, 0.05) is 42.1 Å². The van der Waals surface area contributed by atoms with Crippen molar-refractivity contribution in [2.75, 3.05) is 19.7 Å². The maximum absolute atomic E-state index is 12.9. The van der Waals surface area contributed by atoms with Crippen molar-refractivity contribution in [2.45, 2.75) is 64.0 Å². The molecule has 0 radical (unpaired) electrons. The van der Waals surface area contributed by atoms with Crippen LogP contribution in [0.5, 0.6) is 5.75 Å². The van der Waals surface area contributed by atoms with E-state index in [2.05, 4.69) is 15.6 Å². The molecule has 1 aromatic heterocycles. The molecule has 1 saturated carbocycles. The zero-order chi connectivity index (χ0) is 20.9. The lowest BCUT2D eigenvalue weighted by Crippen LogP contribution is -2.51. The Morgan fingerprint density at radius 3 is 2.43 bits per heavy atom. The molecule has 1 aliphatic heterocycles. The molecule has 4 rings (SSSR count). The largest absolute Gasteiger partial charge is 0.494 e. The average Bonchev–Trinajstić information content (AvgIpc) is 3.18. The number of nitrogens with zero attached hydrogens (tertiary/aromatic N) is 1. The van der Waals surface area contributed by atoms with E-state index >= 15 is 0 Å². The number of fused-ring (bicyclic) bond motifs is 1. The average molecular weight is 413 g/mol. The standard InChI is InChI=1S/C23H32N4O3/c1-2-30-19-9-8-16-14-21(26-20(16)15-19)22(28)27-12-10-18(11-13-27)25-23(29)24-17-6-4-3-5-7-17/h8-9,14-15,17-18,26H,2-7,10-13H2,1H3,(H2,24,25,29). The van der Waals surface area contributed by atoms with Gasteiger partial charge >= 0.3 is 6.03 Å². The van der Waals surface area contributed by atoms with Gasteiger partial charge in [-0.2, -0.15) is 0 Å². The SMILES string of the molecule is CCOc1ccc2cc(C(=O)N3CCC(NC(=O)NC4CCCCC4)CC3)[nH]c2c1. The highest BCUT2D eigenvalue weighted by atomic mass is 16.5. The van der Waals surface area contributed by atoms with Crippen molar-refractivity contribution in [2.24, 2.45) is 0 Å². The number of H-pyrrole nitrogens is 1. The van der Waals surface area contributed by atoms with Gasteiger partial charge < -0.3 is 25.3 Å². The first-order chi connectivity index (χ1) is 14.6. The summed E-state index contributed by atoms with van der Waals surface area (Å²) in [5.74, 6) is 0.804. The monoisotopic (exact) mass is 412 g/mol. The molecule has 2 aromatic rings. The number of piperidine rings is 1. The van der Waals surface area contributed by atoms with Crippen LogP contribution in [0.3, 0.4) is 0 Å². The van der Waals surface area contributed by atoms with Crippen LogP contribution in [0.1, 0.15) is 62.4 Å². The number of aromatic nitrogens is 1. The summed E-state index contributed by atoms with van der Waals surface area (Å²) in [5.41, 5.74) is 1.50. The lowest BCUT2D eigenvalue weighted by atomic mass is 9.96. The van der Waals surface area contributed by atoms with Crippen molar-refractivity contribution in [3.8, 4) is 5.75 Å². The van der Waals surface area contributed by atoms with Gasteiger partial charge in [-0.25, -0.2) is 4.79 Å². The van der Waals surface area contributed by atoms with E-state index in [1.54, 1.807) is 0 Å². The van der Waals surface area contributed by atoms with Gasteiger partial charge in [0.2, 0.25) is 0 Å². The third-order valence-electron chi connectivity index (χ3n) is 6.19. The van der Waals surface area contributed by atoms with Crippen LogP contribution in [-0.2, 0) is 0 Å². The summed E-state index contributed by atoms with van der Waals surface area (Å²) < 4.78 is 5.54. The summed E-state index contributed by atoms with van der Waals surface area (Å²) in [7, 11) is 0. The quantitative estimate of drug-likeness (QED) is 0.698. The predicted octanol–water partition coefficient (Wildman–Crippen LogP) is 3.80. The smallest absolute Gasteiger partial charge is 0.315 e. The number of likely N-dealkylation sites (tertiary alicyclic amines) is 1. The molecular formula is C23H32N4O3. The van der Waals surface area contributed by atoms with Gasteiger partial charge in [-0.1, -0.05) is 19.3 Å². The maximum atomic E-state index is 12.9. The Morgan fingerprint density at radius 1 is 1.03 bits per heavy atom. The first-order valence-electron chi connectivity index (χ1n) is 11.2. The third-order valence-corrected chi connectivity index (χ3v) is 6.19. The van der Waals surface area contributed by atoms with Crippen molar-refractivity contribution in [1.82, 2.24) is 20.5 Å². The molecule has 7 nitrogen and oxygen atoms in total. The highest BCUT2D eigenvalue weighted by molar-refractivity contribution is 5.98. The molecule has 2 fully saturated rings. The molecule has 162 valence electrons. The normalized spacial score (nSPS) is 18.4. The molecule has 0 spiro atoms. The summed E-state index contributed by atoms with van der Waals surface area (Å²) in [6.07, 6.45) is 7.39. The molecule has 2 aliphatic rings. The van der Waals surface area contributed by atoms with Gasteiger partial charge in [-0.3, -0.25) is 4.79 Å². The van der Waals surface area contributed by atoms with Crippen LogP contribution in [-0.4, -0.2) is 53.6 Å². The van der Waals surface area contributed by atoms with Crippen molar-refractivity contribution >= 4 is 22.8 Å². The number of ether oxygens (including phenoxy) is 1. The number of amides is 3. The van der Waals surface area contributed by atoms with Crippen molar-refractivity contribution in [3.63, 3.8) is 0 Å². The highest BCUT2D eigenvalue weighted by Gasteiger charge is 2.26. The Bertz CT molecular complexity index is 880. The summed E-state index contributed by atoms with van der Waals surface area (Å²) in [4.78, 5) is 30.3. The number of aromatic amines is 1. The van der Waals surface area contributed by atoms with E-state index < -0.39 is 0 Å². The number of benzene rings is 1. The molecule has 3 amide bonds. The van der Waals surface area contributed by atoms with Crippen molar-refractivity contribution in [1.29, 1.82) is 0 Å². The Kier molecular flexibility index (Phi) is 6.45. The highest BCUT2D eigenvalue weighted by Crippen LogP contribution is 2.23. The van der Waals surface area contributed by atoms with Gasteiger partial charge in [-0.05, 0) is 50.8 Å². The number of carbonyl (C=O) groups excluding carboxylic acids is 2. The second-order valence-electron chi connectivity index (χ2n) is 8.38. The fourth-order valence-electron chi connectivity index (χ4n) is 4.53. The molecule has 0 unspecified atom stereocenters. The van der Waals surface area contributed by atoms with Crippen LogP contribution in [0.15, 0.2) is 24.3 Å². The van der Waals surface area contributed by atoms with E-state index in [1.807, 2.05) is 36.1 Å². The second kappa shape index (κ2) is 9.41. The van der Waals surface area contributed by atoms with Crippen LogP contribution in [0, 0.1) is 0 Å². The van der Waals surface area contributed by atoms with Gasteiger partial charge in [0.1, 0.15) is 11.4 Å². The van der Waals surface area contributed by atoms with Crippen LogP contribution in [0.2, 0.25) is 0 Å². The summed E-state index contributed by atoms with van der Waals surface area (Å²) >= 11 is 0. The molecule has 7 heteroatoms. The third kappa shape index (κ3) is 4.89. The fraction of sp³-hybridized carbons (Fsp3) is 0.565. The lowest BCUT2D eigenvalue weighted by molar-refractivity contribution is 0.0703. The summed E-state index contributed by atoms with van der Waals surface area (Å²) in [6, 6.07) is 8.08. The van der Waals surface area contributed by atoms with Crippen LogP contribution >= 0.6 is 0 Å². The van der Waals surface area contributed by atoms with E-state index in [-0.39, 0.29) is 18.0 Å². The second-order valence-corrected chi connectivity index (χ2v) is 8.38. The number of hydrogen-bond acceptors (Lipinski definition) is 3. The maximum Gasteiger partial charge on any atom is 0.315 e. The van der Waals surface area contributed by atoms with Crippen LogP contribution in [0.4, 0.5) is 4.79 Å². The zero-order valence-corrected chi connectivity index (χ0v) is 17.7. The van der Waals surface area contributed by atoms with Gasteiger partial charge in [0.05, 0.1) is 6.61 Å². The van der Waals surface area contributed by atoms with Crippen LogP contribution < -0.4 is 15.4 Å². The molecule has 3 N–H and O–H groups in total. The summed E-state index contributed by atoms with van der Waals surface area (Å²) in [6.45, 7) is 3.85. The number of hydrogen-bond donors (Lipinski definition) is 3. The van der Waals surface area contributed by atoms with Crippen molar-refractivity contribution in [3.05, 3.63) is 30.0 Å². The first kappa shape index (κ1) is 20.6.